The van der Waals surface area contributed by atoms with Crippen LogP contribution in [0.25, 0.3) is 21.7 Å². The molecule has 0 aliphatic heterocycles. The lowest BCUT2D eigenvalue weighted by Gasteiger charge is -2.10. The van der Waals surface area contributed by atoms with Gasteiger partial charge in [-0.15, -0.1) is 0 Å². The molecule has 0 amide bonds. The molecule has 0 unspecified atom stereocenters. The van der Waals surface area contributed by atoms with E-state index >= 15 is 0 Å². The van der Waals surface area contributed by atoms with Gasteiger partial charge in [-0.25, -0.2) is 0 Å². The number of rotatable bonds is 2. The summed E-state index contributed by atoms with van der Waals surface area (Å²) in [5, 5.41) is 2.99. The molecule has 0 aliphatic rings. The summed E-state index contributed by atoms with van der Waals surface area (Å²) < 4.78 is 0. The average Bonchev–Trinajstić information content (AvgIpc) is 2.58. The van der Waals surface area contributed by atoms with Crippen LogP contribution in [-0.2, 0) is 6.42 Å². The molecule has 3 nitrogen and oxygen atoms in total. The first-order valence-corrected chi connectivity index (χ1v) is 7.66. The highest BCUT2D eigenvalue weighted by molar-refractivity contribution is 6.06. The van der Waals surface area contributed by atoms with Crippen LogP contribution < -0.4 is 5.43 Å². The van der Waals surface area contributed by atoms with Crippen LogP contribution in [0.2, 0.25) is 0 Å². The Morgan fingerprint density at radius 3 is 2.61 bits per heavy atom. The number of aryl methyl sites for hydroxylation is 1. The van der Waals surface area contributed by atoms with Crippen LogP contribution in [0.3, 0.4) is 0 Å². The van der Waals surface area contributed by atoms with Crippen LogP contribution in [0, 0.1) is 6.92 Å². The van der Waals surface area contributed by atoms with Gasteiger partial charge in [0.2, 0.25) is 0 Å². The molecule has 0 saturated carbocycles. The molecule has 23 heavy (non-hydrogen) atoms. The van der Waals surface area contributed by atoms with E-state index in [0.717, 1.165) is 39.5 Å². The lowest BCUT2D eigenvalue weighted by Crippen LogP contribution is -2.02. The van der Waals surface area contributed by atoms with Gasteiger partial charge < -0.3 is 4.98 Å². The lowest BCUT2D eigenvalue weighted by molar-refractivity contribution is 1.12. The summed E-state index contributed by atoms with van der Waals surface area (Å²) in [5.74, 6) is 0. The Balaban J connectivity index is 1.98. The summed E-state index contributed by atoms with van der Waals surface area (Å²) in [6.07, 6.45) is 4.38. The van der Waals surface area contributed by atoms with Crippen molar-refractivity contribution in [2.45, 2.75) is 13.3 Å². The zero-order valence-electron chi connectivity index (χ0n) is 12.8. The molecular weight excluding hydrogens is 284 g/mol. The van der Waals surface area contributed by atoms with E-state index in [-0.39, 0.29) is 5.43 Å². The van der Waals surface area contributed by atoms with Crippen LogP contribution in [0.1, 0.15) is 16.8 Å². The molecule has 0 spiro atoms. The maximum atomic E-state index is 12.2. The minimum Gasteiger partial charge on any atom is -0.360 e. The number of aromatic nitrogens is 2. The van der Waals surface area contributed by atoms with Crippen molar-refractivity contribution in [3.63, 3.8) is 0 Å². The first-order chi connectivity index (χ1) is 11.2. The summed E-state index contributed by atoms with van der Waals surface area (Å²) >= 11 is 0. The first kappa shape index (κ1) is 13.7. The second-order valence-corrected chi connectivity index (χ2v) is 5.83. The minimum atomic E-state index is 0.0489. The third-order valence-corrected chi connectivity index (χ3v) is 4.23. The van der Waals surface area contributed by atoms with Crippen molar-refractivity contribution in [3.05, 3.63) is 88.0 Å². The molecule has 0 atom stereocenters. The summed E-state index contributed by atoms with van der Waals surface area (Å²) in [7, 11) is 0. The van der Waals surface area contributed by atoms with Crippen LogP contribution in [0.4, 0.5) is 0 Å². The fourth-order valence-electron chi connectivity index (χ4n) is 3.06. The Bertz CT molecular complexity index is 1060. The van der Waals surface area contributed by atoms with E-state index in [2.05, 4.69) is 28.2 Å². The van der Waals surface area contributed by atoms with E-state index in [1.807, 2.05) is 37.4 Å². The van der Waals surface area contributed by atoms with Gasteiger partial charge in [-0.3, -0.25) is 9.78 Å². The number of aromatic amines is 1. The summed E-state index contributed by atoms with van der Waals surface area (Å²) in [6.45, 7) is 1.98. The molecule has 4 rings (SSSR count). The monoisotopic (exact) mass is 300 g/mol. The molecule has 0 saturated heterocycles. The van der Waals surface area contributed by atoms with E-state index in [0.29, 0.717) is 0 Å². The highest BCUT2D eigenvalue weighted by atomic mass is 16.1. The Kier molecular flexibility index (Phi) is 3.19. The maximum absolute atomic E-state index is 12.2. The van der Waals surface area contributed by atoms with Crippen molar-refractivity contribution in [2.75, 3.05) is 0 Å². The smallest absolute Gasteiger partial charge is 0.189 e. The molecular formula is C20H16N2O. The molecule has 112 valence electrons. The van der Waals surface area contributed by atoms with Crippen molar-refractivity contribution in [1.82, 2.24) is 9.97 Å². The molecule has 2 aromatic carbocycles. The lowest BCUT2D eigenvalue weighted by atomic mass is 9.96. The topological polar surface area (TPSA) is 45.8 Å². The molecule has 1 N–H and O–H groups in total. The number of fused-ring (bicyclic) bond motifs is 3. The van der Waals surface area contributed by atoms with Gasteiger partial charge in [0.05, 0.1) is 5.52 Å². The zero-order valence-corrected chi connectivity index (χ0v) is 12.8. The van der Waals surface area contributed by atoms with E-state index < -0.39 is 0 Å². The van der Waals surface area contributed by atoms with Crippen molar-refractivity contribution in [1.29, 1.82) is 0 Å². The Labute approximate surface area is 133 Å². The van der Waals surface area contributed by atoms with Crippen LogP contribution in [-0.4, -0.2) is 9.97 Å². The number of nitrogens with zero attached hydrogens (tertiary/aromatic N) is 1. The second-order valence-electron chi connectivity index (χ2n) is 5.83. The number of hydrogen-bond acceptors (Lipinski definition) is 2. The predicted octanol–water partition coefficient (Wildman–Crippen LogP) is 3.98. The van der Waals surface area contributed by atoms with Gasteiger partial charge in [-0.05, 0) is 42.0 Å². The fourth-order valence-corrected chi connectivity index (χ4v) is 3.06. The summed E-state index contributed by atoms with van der Waals surface area (Å²) in [5.41, 5.74) is 4.25. The quantitative estimate of drug-likeness (QED) is 0.569. The third kappa shape index (κ3) is 2.40. The average molecular weight is 300 g/mol. The van der Waals surface area contributed by atoms with Crippen LogP contribution >= 0.6 is 0 Å². The molecule has 0 bridgehead atoms. The Morgan fingerprint density at radius 2 is 1.83 bits per heavy atom. The fraction of sp³-hybridized carbons (Fsp3) is 0.100. The molecule has 0 radical (unpaired) electrons. The van der Waals surface area contributed by atoms with Gasteiger partial charge in [0.15, 0.2) is 5.43 Å². The SMILES string of the molecule is Cc1ccc(Cc2cc3c(=O)cc[nH]c3c3ccccc23)cn1. The van der Waals surface area contributed by atoms with Gasteiger partial charge in [-0.2, -0.15) is 0 Å². The van der Waals surface area contributed by atoms with E-state index in [1.165, 1.54) is 5.39 Å². The number of H-pyrrole nitrogens is 1. The predicted molar refractivity (Wildman–Crippen MR) is 93.9 cm³/mol. The minimum absolute atomic E-state index is 0.0489. The van der Waals surface area contributed by atoms with E-state index in [9.17, 15) is 4.79 Å². The summed E-state index contributed by atoms with van der Waals surface area (Å²) in [6, 6.07) is 15.9. The Morgan fingerprint density at radius 1 is 1.00 bits per heavy atom. The standard InChI is InChI=1S/C20H16N2O/c1-13-6-7-14(12-22-13)10-15-11-18-19(23)8-9-21-20(18)17-5-3-2-4-16(15)17/h2-9,11-12H,10H2,1H3,(H,21,23). The van der Waals surface area contributed by atoms with Crippen molar-refractivity contribution in [2.24, 2.45) is 0 Å². The van der Waals surface area contributed by atoms with Gasteiger partial charge in [0.25, 0.3) is 0 Å². The number of benzene rings is 2. The number of hydrogen-bond donors (Lipinski definition) is 1. The van der Waals surface area contributed by atoms with Crippen molar-refractivity contribution < 1.29 is 0 Å². The largest absolute Gasteiger partial charge is 0.360 e. The second kappa shape index (κ2) is 5.36. The molecule has 0 aliphatic carbocycles. The number of nitrogens with one attached hydrogen (secondary N) is 1. The maximum Gasteiger partial charge on any atom is 0.189 e. The molecule has 2 heterocycles. The number of pyridine rings is 2. The van der Waals surface area contributed by atoms with Gasteiger partial charge >= 0.3 is 0 Å². The zero-order chi connectivity index (χ0) is 15.8. The van der Waals surface area contributed by atoms with E-state index in [4.69, 9.17) is 0 Å². The van der Waals surface area contributed by atoms with Gasteiger partial charge in [0.1, 0.15) is 0 Å². The van der Waals surface area contributed by atoms with Crippen molar-refractivity contribution >= 4 is 21.7 Å². The van der Waals surface area contributed by atoms with Crippen LogP contribution in [0.5, 0.6) is 0 Å². The third-order valence-electron chi connectivity index (χ3n) is 4.23. The summed E-state index contributed by atoms with van der Waals surface area (Å²) in [4.78, 5) is 19.8. The first-order valence-electron chi connectivity index (χ1n) is 7.66. The van der Waals surface area contributed by atoms with Crippen molar-refractivity contribution in [3.8, 4) is 0 Å². The highest BCUT2D eigenvalue weighted by Gasteiger charge is 2.09. The normalized spacial score (nSPS) is 11.2. The van der Waals surface area contributed by atoms with Crippen LogP contribution in [0.15, 0.2) is 65.7 Å². The molecule has 3 heteroatoms. The highest BCUT2D eigenvalue weighted by Crippen LogP contribution is 2.27. The molecule has 0 fully saturated rings. The Hall–Kier alpha value is -2.94. The molecule has 2 aromatic heterocycles. The van der Waals surface area contributed by atoms with Gasteiger partial charge in [-0.1, -0.05) is 30.3 Å². The van der Waals surface area contributed by atoms with Gasteiger partial charge in [0, 0.05) is 34.9 Å². The van der Waals surface area contributed by atoms with E-state index in [1.54, 1.807) is 12.3 Å². The molecule has 4 aromatic rings.